The summed E-state index contributed by atoms with van der Waals surface area (Å²) in [5.41, 5.74) is 1.96. The summed E-state index contributed by atoms with van der Waals surface area (Å²) in [6.45, 7) is 0. The van der Waals surface area contributed by atoms with E-state index in [1.807, 2.05) is 37.5 Å². The minimum atomic E-state index is -0.252. The minimum absolute atomic E-state index is 0.0927. The molecule has 0 aliphatic rings. The third-order valence-corrected chi connectivity index (χ3v) is 3.99. The van der Waals surface area contributed by atoms with E-state index in [1.54, 1.807) is 12.3 Å². The molecule has 0 aliphatic carbocycles. The molecule has 21 heavy (non-hydrogen) atoms. The number of fused-ring (bicyclic) bond motifs is 1. The van der Waals surface area contributed by atoms with Gasteiger partial charge in [0.15, 0.2) is 0 Å². The first-order chi connectivity index (χ1) is 10.2. The van der Waals surface area contributed by atoms with Crippen LogP contribution in [0.4, 0.5) is 4.39 Å². The maximum Gasteiger partial charge on any atom is 0.124 e. The number of halogens is 2. The van der Waals surface area contributed by atoms with Crippen molar-refractivity contribution in [3.8, 4) is 0 Å². The van der Waals surface area contributed by atoms with Gasteiger partial charge in [0.1, 0.15) is 5.82 Å². The van der Waals surface area contributed by atoms with Gasteiger partial charge < -0.3 is 5.32 Å². The van der Waals surface area contributed by atoms with Gasteiger partial charge in [-0.3, -0.25) is 4.98 Å². The van der Waals surface area contributed by atoms with E-state index in [9.17, 15) is 4.39 Å². The van der Waals surface area contributed by atoms with Gasteiger partial charge in [-0.2, -0.15) is 0 Å². The van der Waals surface area contributed by atoms with Crippen molar-refractivity contribution in [2.75, 3.05) is 7.05 Å². The molecule has 1 N–H and O–H groups in total. The lowest BCUT2D eigenvalue weighted by Gasteiger charge is -2.19. The van der Waals surface area contributed by atoms with E-state index >= 15 is 0 Å². The second kappa shape index (κ2) is 5.92. The Morgan fingerprint density at radius 1 is 1.19 bits per heavy atom. The highest BCUT2D eigenvalue weighted by Gasteiger charge is 2.16. The number of hydrogen-bond donors (Lipinski definition) is 1. The fourth-order valence-corrected chi connectivity index (χ4v) is 3.12. The van der Waals surface area contributed by atoms with E-state index in [0.717, 1.165) is 26.4 Å². The van der Waals surface area contributed by atoms with Crippen molar-refractivity contribution in [1.29, 1.82) is 0 Å². The van der Waals surface area contributed by atoms with Gasteiger partial charge in [-0.1, -0.05) is 34.1 Å². The summed E-state index contributed by atoms with van der Waals surface area (Å²) in [6, 6.07) is 12.9. The third kappa shape index (κ3) is 2.82. The topological polar surface area (TPSA) is 24.9 Å². The zero-order chi connectivity index (χ0) is 14.8. The molecule has 0 radical (unpaired) electrons. The van der Waals surface area contributed by atoms with E-state index in [-0.39, 0.29) is 11.9 Å². The lowest BCUT2D eigenvalue weighted by Crippen LogP contribution is -2.18. The predicted molar refractivity (Wildman–Crippen MR) is 86.7 cm³/mol. The molecule has 106 valence electrons. The fourth-order valence-electron chi connectivity index (χ4n) is 2.63. The van der Waals surface area contributed by atoms with Gasteiger partial charge in [0.05, 0.1) is 6.04 Å². The summed E-state index contributed by atoms with van der Waals surface area (Å²) in [6.07, 6.45) is 3.63. The van der Waals surface area contributed by atoms with Crippen molar-refractivity contribution < 1.29 is 4.39 Å². The molecule has 0 fully saturated rings. The second-order valence-corrected chi connectivity index (χ2v) is 5.78. The summed E-state index contributed by atoms with van der Waals surface area (Å²) in [5.74, 6) is -0.252. The van der Waals surface area contributed by atoms with Gasteiger partial charge in [0.25, 0.3) is 0 Å². The van der Waals surface area contributed by atoms with Crippen molar-refractivity contribution >= 4 is 26.7 Å². The zero-order valence-corrected chi connectivity index (χ0v) is 13.1. The molecule has 3 rings (SSSR count). The lowest BCUT2D eigenvalue weighted by atomic mass is 9.95. The number of nitrogens with one attached hydrogen (secondary N) is 1. The Labute approximate surface area is 131 Å². The molecular weight excluding hydrogens is 331 g/mol. The Morgan fingerprint density at radius 3 is 2.81 bits per heavy atom. The highest BCUT2D eigenvalue weighted by atomic mass is 79.9. The Balaban J connectivity index is 2.18. The Bertz CT molecular complexity index is 763. The maximum absolute atomic E-state index is 13.7. The van der Waals surface area contributed by atoms with Crippen LogP contribution in [0.2, 0.25) is 0 Å². The van der Waals surface area contributed by atoms with E-state index < -0.39 is 0 Å². The Morgan fingerprint density at radius 2 is 2.05 bits per heavy atom. The van der Waals surface area contributed by atoms with Crippen LogP contribution in [0, 0.1) is 5.82 Å². The van der Waals surface area contributed by atoms with Crippen LogP contribution in [0.25, 0.3) is 10.8 Å². The van der Waals surface area contributed by atoms with E-state index in [0.29, 0.717) is 0 Å². The molecule has 1 heterocycles. The first-order valence-corrected chi connectivity index (χ1v) is 7.44. The van der Waals surface area contributed by atoms with Gasteiger partial charge in [0.2, 0.25) is 0 Å². The fraction of sp³-hybridized carbons (Fsp3) is 0.118. The maximum atomic E-state index is 13.7. The number of hydrogen-bond acceptors (Lipinski definition) is 2. The van der Waals surface area contributed by atoms with Crippen LogP contribution in [-0.2, 0) is 0 Å². The van der Waals surface area contributed by atoms with E-state index in [2.05, 4.69) is 32.3 Å². The van der Waals surface area contributed by atoms with Crippen LogP contribution < -0.4 is 5.32 Å². The van der Waals surface area contributed by atoms with Crippen LogP contribution in [-0.4, -0.2) is 12.0 Å². The third-order valence-electron chi connectivity index (χ3n) is 3.54. The summed E-state index contributed by atoms with van der Waals surface area (Å²) in [5, 5.41) is 5.46. The highest BCUT2D eigenvalue weighted by Crippen LogP contribution is 2.30. The number of aromatic nitrogens is 1. The van der Waals surface area contributed by atoms with E-state index in [4.69, 9.17) is 0 Å². The molecule has 0 amide bonds. The van der Waals surface area contributed by atoms with Crippen LogP contribution in [0.1, 0.15) is 17.2 Å². The molecule has 3 aromatic rings. The molecule has 1 unspecified atom stereocenters. The Hall–Kier alpha value is -1.78. The molecule has 2 nitrogen and oxygen atoms in total. The zero-order valence-electron chi connectivity index (χ0n) is 11.5. The van der Waals surface area contributed by atoms with Crippen LogP contribution in [0.5, 0.6) is 0 Å². The summed E-state index contributed by atoms with van der Waals surface area (Å²) >= 11 is 3.35. The Kier molecular flexibility index (Phi) is 3.99. The second-order valence-electron chi connectivity index (χ2n) is 4.87. The molecule has 0 saturated carbocycles. The van der Waals surface area contributed by atoms with Crippen LogP contribution in [0.3, 0.4) is 0 Å². The van der Waals surface area contributed by atoms with Crippen molar-refractivity contribution in [2.45, 2.75) is 6.04 Å². The number of benzene rings is 2. The van der Waals surface area contributed by atoms with Gasteiger partial charge in [-0.05, 0) is 47.8 Å². The molecule has 0 aliphatic heterocycles. The van der Waals surface area contributed by atoms with Crippen LogP contribution in [0.15, 0.2) is 59.3 Å². The normalized spacial score (nSPS) is 12.5. The largest absolute Gasteiger partial charge is 0.309 e. The molecule has 0 saturated heterocycles. The monoisotopic (exact) mass is 344 g/mol. The van der Waals surface area contributed by atoms with Gasteiger partial charge in [0, 0.05) is 22.3 Å². The van der Waals surface area contributed by atoms with E-state index in [1.165, 1.54) is 6.07 Å². The van der Waals surface area contributed by atoms with Crippen LogP contribution >= 0.6 is 15.9 Å². The lowest BCUT2D eigenvalue weighted by molar-refractivity contribution is 0.616. The van der Waals surface area contributed by atoms with Gasteiger partial charge in [-0.15, -0.1) is 0 Å². The molecule has 1 atom stereocenters. The summed E-state index contributed by atoms with van der Waals surface area (Å²) < 4.78 is 14.4. The first kappa shape index (κ1) is 14.2. The molecule has 4 heteroatoms. The summed E-state index contributed by atoms with van der Waals surface area (Å²) in [7, 11) is 1.87. The standard InChI is InChI=1S/C17H14BrFN2/c1-20-17(12-7-13(18)9-14(19)8-12)15-4-2-3-11-5-6-21-10-16(11)15/h2-10,17,20H,1H3. The highest BCUT2D eigenvalue weighted by molar-refractivity contribution is 9.10. The van der Waals surface area contributed by atoms with Crippen molar-refractivity contribution in [1.82, 2.24) is 10.3 Å². The minimum Gasteiger partial charge on any atom is -0.309 e. The van der Waals surface area contributed by atoms with Gasteiger partial charge >= 0.3 is 0 Å². The molecule has 0 bridgehead atoms. The molecule has 0 spiro atoms. The molecular formula is C17H14BrFN2. The first-order valence-electron chi connectivity index (χ1n) is 6.65. The molecule has 2 aromatic carbocycles. The van der Waals surface area contributed by atoms with Crippen molar-refractivity contribution in [3.63, 3.8) is 0 Å². The average molecular weight is 345 g/mol. The predicted octanol–water partition coefficient (Wildman–Crippen LogP) is 4.45. The number of pyridine rings is 1. The van der Waals surface area contributed by atoms with Crippen molar-refractivity contribution in [2.24, 2.45) is 0 Å². The SMILES string of the molecule is CNC(c1cc(F)cc(Br)c1)c1cccc2ccncc12. The number of nitrogens with zero attached hydrogens (tertiary/aromatic N) is 1. The molecule has 1 aromatic heterocycles. The quantitative estimate of drug-likeness (QED) is 0.759. The van der Waals surface area contributed by atoms with Gasteiger partial charge in [-0.25, -0.2) is 4.39 Å². The number of rotatable bonds is 3. The van der Waals surface area contributed by atoms with Crippen molar-refractivity contribution in [3.05, 3.63) is 76.3 Å². The smallest absolute Gasteiger partial charge is 0.124 e. The summed E-state index contributed by atoms with van der Waals surface area (Å²) in [4.78, 5) is 4.21. The average Bonchev–Trinajstić information content (AvgIpc) is 2.47.